The van der Waals surface area contributed by atoms with Crippen LogP contribution < -0.4 is 0 Å². The molecule has 0 unspecified atom stereocenters. The first-order chi connectivity index (χ1) is 11.3. The summed E-state index contributed by atoms with van der Waals surface area (Å²) in [6.07, 6.45) is 6.44. The molecule has 0 fully saturated rings. The molecule has 0 bridgehead atoms. The van der Waals surface area contributed by atoms with Crippen molar-refractivity contribution in [2.45, 2.75) is 13.0 Å². The molecular weight excluding hydrogens is 284 g/mol. The van der Waals surface area contributed by atoms with E-state index in [0.717, 1.165) is 29.8 Å². The van der Waals surface area contributed by atoms with Gasteiger partial charge in [0.05, 0.1) is 17.0 Å². The molecule has 4 nitrogen and oxygen atoms in total. The van der Waals surface area contributed by atoms with E-state index >= 15 is 0 Å². The van der Waals surface area contributed by atoms with Crippen LogP contribution in [0.15, 0.2) is 67.5 Å². The van der Waals surface area contributed by atoms with Gasteiger partial charge in [0.1, 0.15) is 6.07 Å². The van der Waals surface area contributed by atoms with Crippen molar-refractivity contribution < 1.29 is 0 Å². The molecule has 0 aliphatic carbocycles. The van der Waals surface area contributed by atoms with Crippen LogP contribution in [0.1, 0.15) is 12.0 Å². The van der Waals surface area contributed by atoms with E-state index in [-0.39, 0.29) is 0 Å². The fourth-order valence-corrected chi connectivity index (χ4v) is 2.42. The molecular formula is C19H16N4. The lowest BCUT2D eigenvalue weighted by atomic mass is 10.0. The average Bonchev–Trinajstić information content (AvgIpc) is 3.09. The third kappa shape index (κ3) is 3.19. The SMILES string of the molecule is C=CCCn1ccc(-c2cccc(-c3ncccc3C#N)c2)n1. The van der Waals surface area contributed by atoms with Gasteiger partial charge < -0.3 is 0 Å². The summed E-state index contributed by atoms with van der Waals surface area (Å²) in [5.41, 5.74) is 4.10. The number of hydrogen-bond donors (Lipinski definition) is 0. The Bertz CT molecular complexity index is 871. The molecule has 0 atom stereocenters. The summed E-state index contributed by atoms with van der Waals surface area (Å²) in [4.78, 5) is 4.34. The van der Waals surface area contributed by atoms with E-state index in [0.29, 0.717) is 11.3 Å². The first-order valence-electron chi connectivity index (χ1n) is 7.42. The molecule has 112 valence electrons. The Kier molecular flexibility index (Phi) is 4.30. The maximum Gasteiger partial charge on any atom is 0.101 e. The van der Waals surface area contributed by atoms with Gasteiger partial charge in [-0.1, -0.05) is 24.3 Å². The molecule has 3 aromatic rings. The monoisotopic (exact) mass is 300 g/mol. The first-order valence-corrected chi connectivity index (χ1v) is 7.42. The van der Waals surface area contributed by atoms with Crippen molar-refractivity contribution >= 4 is 0 Å². The normalized spacial score (nSPS) is 10.2. The summed E-state index contributed by atoms with van der Waals surface area (Å²) < 4.78 is 1.91. The number of benzene rings is 1. The summed E-state index contributed by atoms with van der Waals surface area (Å²) in [5.74, 6) is 0. The minimum Gasteiger partial charge on any atom is -0.272 e. The van der Waals surface area contributed by atoms with Crippen molar-refractivity contribution in [1.29, 1.82) is 5.26 Å². The first kappa shape index (κ1) is 14.7. The van der Waals surface area contributed by atoms with E-state index in [1.54, 1.807) is 18.3 Å². The van der Waals surface area contributed by atoms with Gasteiger partial charge in [-0.2, -0.15) is 10.4 Å². The molecule has 0 amide bonds. The number of nitriles is 1. The predicted octanol–water partition coefficient (Wildman–Crippen LogP) is 4.06. The second-order valence-electron chi connectivity index (χ2n) is 5.13. The van der Waals surface area contributed by atoms with Gasteiger partial charge in [-0.25, -0.2) is 0 Å². The van der Waals surface area contributed by atoms with E-state index in [9.17, 15) is 5.26 Å². The fraction of sp³-hybridized carbons (Fsp3) is 0.105. The van der Waals surface area contributed by atoms with Crippen LogP contribution in [-0.2, 0) is 6.54 Å². The Morgan fingerprint density at radius 2 is 2.04 bits per heavy atom. The van der Waals surface area contributed by atoms with Gasteiger partial charge in [-0.15, -0.1) is 6.58 Å². The van der Waals surface area contributed by atoms with E-state index < -0.39 is 0 Å². The Hall–Kier alpha value is -3.19. The number of aryl methyl sites for hydroxylation is 1. The molecule has 0 spiro atoms. The number of aromatic nitrogens is 3. The summed E-state index contributed by atoms with van der Waals surface area (Å²) in [6.45, 7) is 4.55. The Morgan fingerprint density at radius 1 is 1.17 bits per heavy atom. The van der Waals surface area contributed by atoms with Crippen LogP contribution in [0.2, 0.25) is 0 Å². The van der Waals surface area contributed by atoms with Crippen LogP contribution in [-0.4, -0.2) is 14.8 Å². The van der Waals surface area contributed by atoms with Crippen molar-refractivity contribution in [2.24, 2.45) is 0 Å². The van der Waals surface area contributed by atoms with E-state index in [4.69, 9.17) is 0 Å². The number of nitrogens with zero attached hydrogens (tertiary/aromatic N) is 4. The quantitative estimate of drug-likeness (QED) is 0.668. The molecule has 0 saturated heterocycles. The van der Waals surface area contributed by atoms with Crippen LogP contribution in [0.25, 0.3) is 22.5 Å². The molecule has 2 aromatic heterocycles. The lowest BCUT2D eigenvalue weighted by Gasteiger charge is -2.05. The molecule has 3 rings (SSSR count). The van der Waals surface area contributed by atoms with Crippen molar-refractivity contribution in [3.05, 3.63) is 73.1 Å². The second kappa shape index (κ2) is 6.71. The van der Waals surface area contributed by atoms with E-state index in [1.165, 1.54) is 0 Å². The third-order valence-corrected chi connectivity index (χ3v) is 3.56. The molecule has 0 N–H and O–H groups in total. The summed E-state index contributed by atoms with van der Waals surface area (Å²) >= 11 is 0. The van der Waals surface area contributed by atoms with Crippen LogP contribution in [0.3, 0.4) is 0 Å². The van der Waals surface area contributed by atoms with Gasteiger partial charge in [0.15, 0.2) is 0 Å². The predicted molar refractivity (Wildman–Crippen MR) is 90.4 cm³/mol. The Labute approximate surface area is 135 Å². The molecule has 2 heterocycles. The van der Waals surface area contributed by atoms with Gasteiger partial charge in [0.25, 0.3) is 0 Å². The zero-order valence-corrected chi connectivity index (χ0v) is 12.7. The van der Waals surface area contributed by atoms with Gasteiger partial charge in [-0.05, 0) is 30.7 Å². The molecule has 0 saturated carbocycles. The van der Waals surface area contributed by atoms with Crippen LogP contribution in [0.5, 0.6) is 0 Å². The van der Waals surface area contributed by atoms with Gasteiger partial charge in [-0.3, -0.25) is 9.67 Å². The van der Waals surface area contributed by atoms with Crippen LogP contribution >= 0.6 is 0 Å². The van der Waals surface area contributed by atoms with Crippen molar-refractivity contribution in [3.63, 3.8) is 0 Å². The van der Waals surface area contributed by atoms with Crippen LogP contribution in [0, 0.1) is 11.3 Å². The molecule has 1 aromatic carbocycles. The number of hydrogen-bond acceptors (Lipinski definition) is 3. The molecule has 23 heavy (non-hydrogen) atoms. The summed E-state index contributed by atoms with van der Waals surface area (Å²) in [6, 6.07) is 15.7. The number of allylic oxidation sites excluding steroid dienone is 1. The topological polar surface area (TPSA) is 54.5 Å². The van der Waals surface area contributed by atoms with E-state index in [1.807, 2.05) is 47.3 Å². The van der Waals surface area contributed by atoms with E-state index in [2.05, 4.69) is 22.7 Å². The summed E-state index contributed by atoms with van der Waals surface area (Å²) in [5, 5.41) is 13.8. The van der Waals surface area contributed by atoms with Gasteiger partial charge in [0, 0.05) is 30.1 Å². The Balaban J connectivity index is 1.95. The highest BCUT2D eigenvalue weighted by molar-refractivity contribution is 5.72. The second-order valence-corrected chi connectivity index (χ2v) is 5.13. The lowest BCUT2D eigenvalue weighted by Crippen LogP contribution is -1.97. The Morgan fingerprint density at radius 3 is 2.87 bits per heavy atom. The largest absolute Gasteiger partial charge is 0.272 e. The number of pyridine rings is 1. The average molecular weight is 300 g/mol. The smallest absolute Gasteiger partial charge is 0.101 e. The standard InChI is InChI=1S/C19H16N4/c1-2-3-11-23-12-9-18(22-23)15-6-4-7-16(13-15)19-17(14-20)8-5-10-21-19/h2,4-10,12-13H,1,3,11H2. The van der Waals surface area contributed by atoms with Crippen molar-refractivity contribution in [3.8, 4) is 28.6 Å². The summed E-state index contributed by atoms with van der Waals surface area (Å²) in [7, 11) is 0. The number of rotatable bonds is 5. The van der Waals surface area contributed by atoms with Gasteiger partial charge in [0.2, 0.25) is 0 Å². The fourth-order valence-electron chi connectivity index (χ4n) is 2.42. The zero-order chi connectivity index (χ0) is 16.1. The highest BCUT2D eigenvalue weighted by Gasteiger charge is 2.08. The zero-order valence-electron chi connectivity index (χ0n) is 12.7. The van der Waals surface area contributed by atoms with Crippen molar-refractivity contribution in [1.82, 2.24) is 14.8 Å². The van der Waals surface area contributed by atoms with Crippen molar-refractivity contribution in [2.75, 3.05) is 0 Å². The van der Waals surface area contributed by atoms with Crippen LogP contribution in [0.4, 0.5) is 0 Å². The molecule has 4 heteroatoms. The highest BCUT2D eigenvalue weighted by Crippen LogP contribution is 2.26. The molecule has 0 radical (unpaired) electrons. The maximum absolute atomic E-state index is 9.24. The minimum absolute atomic E-state index is 0.571. The lowest BCUT2D eigenvalue weighted by molar-refractivity contribution is 0.626. The highest BCUT2D eigenvalue weighted by atomic mass is 15.3. The molecule has 0 aliphatic heterocycles. The minimum atomic E-state index is 0.571. The molecule has 0 aliphatic rings. The third-order valence-electron chi connectivity index (χ3n) is 3.56. The van der Waals surface area contributed by atoms with Gasteiger partial charge >= 0.3 is 0 Å². The maximum atomic E-state index is 9.24.